The van der Waals surface area contributed by atoms with E-state index in [1.54, 1.807) is 16.8 Å². The van der Waals surface area contributed by atoms with E-state index in [9.17, 15) is 9.90 Å². The number of aromatic nitrogens is 3. The van der Waals surface area contributed by atoms with Gasteiger partial charge < -0.3 is 9.84 Å². The van der Waals surface area contributed by atoms with Gasteiger partial charge in [0.15, 0.2) is 0 Å². The number of aryl methyl sites for hydroxylation is 1. The van der Waals surface area contributed by atoms with Crippen LogP contribution in [0.1, 0.15) is 12.0 Å². The molecule has 0 spiro atoms. The number of benzene rings is 2. The fourth-order valence-electron chi connectivity index (χ4n) is 2.28. The van der Waals surface area contributed by atoms with E-state index in [2.05, 4.69) is 20.8 Å². The number of para-hydroxylation sites is 1. The van der Waals surface area contributed by atoms with E-state index in [0.29, 0.717) is 17.9 Å². The minimum atomic E-state index is -0.266. The summed E-state index contributed by atoms with van der Waals surface area (Å²) in [7, 11) is 1.53. The number of carbonyl (C=O) groups excluding carboxylic acids is 1. The molecule has 1 amide bonds. The van der Waals surface area contributed by atoms with E-state index in [-0.39, 0.29) is 18.1 Å². The molecule has 0 radical (unpaired) electrons. The molecule has 0 fully saturated rings. The number of hydrogen-bond acceptors (Lipinski definition) is 6. The van der Waals surface area contributed by atoms with Crippen LogP contribution in [0.15, 0.2) is 47.6 Å². The van der Waals surface area contributed by atoms with Crippen molar-refractivity contribution in [2.45, 2.75) is 13.0 Å². The largest absolute Gasteiger partial charge is 0.507 e. The molecule has 3 rings (SSSR count). The molecule has 8 nitrogen and oxygen atoms in total. The third-order valence-electron chi connectivity index (χ3n) is 3.60. The number of rotatable bonds is 6. The summed E-state index contributed by atoms with van der Waals surface area (Å²) in [6, 6.07) is 12.3. The molecule has 0 saturated carbocycles. The lowest BCUT2D eigenvalue weighted by molar-refractivity contribution is -0.121. The second-order valence-corrected chi connectivity index (χ2v) is 5.27. The normalized spacial score (nSPS) is 11.1. The topological polar surface area (TPSA) is 102 Å². The Kier molecular flexibility index (Phi) is 4.89. The fraction of sp³-hybridized carbons (Fsp3) is 0.176. The minimum Gasteiger partial charge on any atom is -0.507 e. The maximum Gasteiger partial charge on any atom is 0.241 e. The van der Waals surface area contributed by atoms with Crippen molar-refractivity contribution in [2.75, 3.05) is 7.11 Å². The lowest BCUT2D eigenvalue weighted by Gasteiger charge is -2.04. The van der Waals surface area contributed by atoms with Gasteiger partial charge in [0.05, 0.1) is 25.4 Å². The molecule has 1 heterocycles. The van der Waals surface area contributed by atoms with E-state index < -0.39 is 0 Å². The van der Waals surface area contributed by atoms with Gasteiger partial charge in [-0.1, -0.05) is 17.3 Å². The zero-order valence-corrected chi connectivity index (χ0v) is 13.6. The van der Waals surface area contributed by atoms with Crippen LogP contribution in [0, 0.1) is 0 Å². The fourth-order valence-corrected chi connectivity index (χ4v) is 2.28. The Morgan fingerprint density at radius 1 is 1.36 bits per heavy atom. The summed E-state index contributed by atoms with van der Waals surface area (Å²) < 4.78 is 6.75. The number of ether oxygens (including phenoxy) is 1. The molecule has 0 unspecified atom stereocenters. The Labute approximate surface area is 143 Å². The second kappa shape index (κ2) is 7.43. The lowest BCUT2D eigenvalue weighted by atomic mass is 10.2. The summed E-state index contributed by atoms with van der Waals surface area (Å²) in [5.41, 5.74) is 4.53. The molecule has 25 heavy (non-hydrogen) atoms. The van der Waals surface area contributed by atoms with Crippen LogP contribution in [-0.4, -0.2) is 39.3 Å². The lowest BCUT2D eigenvalue weighted by Crippen LogP contribution is -2.19. The Bertz CT molecular complexity index is 920. The van der Waals surface area contributed by atoms with Crippen molar-refractivity contribution in [3.8, 4) is 11.5 Å². The smallest absolute Gasteiger partial charge is 0.241 e. The predicted octanol–water partition coefficient (Wildman–Crippen LogP) is 1.69. The zero-order valence-electron chi connectivity index (χ0n) is 13.6. The van der Waals surface area contributed by atoms with Gasteiger partial charge in [-0.05, 0) is 30.3 Å². The van der Waals surface area contributed by atoms with Crippen molar-refractivity contribution in [1.82, 2.24) is 20.4 Å². The molecule has 3 aromatic rings. The van der Waals surface area contributed by atoms with E-state index >= 15 is 0 Å². The third kappa shape index (κ3) is 3.92. The van der Waals surface area contributed by atoms with Gasteiger partial charge >= 0.3 is 0 Å². The van der Waals surface area contributed by atoms with E-state index in [0.717, 1.165) is 11.0 Å². The van der Waals surface area contributed by atoms with Crippen LogP contribution in [0.5, 0.6) is 11.5 Å². The highest BCUT2D eigenvalue weighted by Crippen LogP contribution is 2.20. The van der Waals surface area contributed by atoms with Crippen molar-refractivity contribution < 1.29 is 14.6 Å². The van der Waals surface area contributed by atoms with Crippen LogP contribution in [0.25, 0.3) is 11.0 Å². The van der Waals surface area contributed by atoms with Gasteiger partial charge in [0.2, 0.25) is 5.91 Å². The Morgan fingerprint density at radius 2 is 2.20 bits per heavy atom. The van der Waals surface area contributed by atoms with Gasteiger partial charge in [0, 0.05) is 12.0 Å². The number of phenols is 1. The molecule has 8 heteroatoms. The number of nitrogens with zero attached hydrogens (tertiary/aromatic N) is 4. The highest BCUT2D eigenvalue weighted by atomic mass is 16.5. The van der Waals surface area contributed by atoms with Gasteiger partial charge in [-0.15, -0.1) is 5.10 Å². The van der Waals surface area contributed by atoms with Gasteiger partial charge in [-0.2, -0.15) is 5.10 Å². The van der Waals surface area contributed by atoms with Crippen molar-refractivity contribution in [2.24, 2.45) is 5.10 Å². The predicted molar refractivity (Wildman–Crippen MR) is 92.5 cm³/mol. The van der Waals surface area contributed by atoms with Gasteiger partial charge in [-0.25, -0.2) is 10.1 Å². The summed E-state index contributed by atoms with van der Waals surface area (Å²) in [4.78, 5) is 11.9. The first-order valence-corrected chi connectivity index (χ1v) is 7.64. The van der Waals surface area contributed by atoms with Crippen molar-refractivity contribution in [3.63, 3.8) is 0 Å². The molecule has 2 aromatic carbocycles. The standard InChI is InChI=1S/C17H17N5O3/c1-25-13-6-7-16(23)12(10-13)11-18-20-17(24)8-9-22-15-5-3-2-4-14(15)19-21-22/h2-7,10-11,23H,8-9H2,1H3,(H,20,24)/b18-11+. The average molecular weight is 339 g/mol. The van der Waals surface area contributed by atoms with Crippen LogP contribution < -0.4 is 10.2 Å². The molecule has 0 bridgehead atoms. The summed E-state index contributed by atoms with van der Waals surface area (Å²) >= 11 is 0. The first-order chi connectivity index (χ1) is 12.2. The molecule has 0 aliphatic carbocycles. The van der Waals surface area contributed by atoms with Crippen LogP contribution in [0.2, 0.25) is 0 Å². The molecule has 0 saturated heterocycles. The molecular formula is C17H17N5O3. The zero-order chi connectivity index (χ0) is 17.6. The molecule has 0 atom stereocenters. The number of nitrogens with one attached hydrogen (secondary N) is 1. The monoisotopic (exact) mass is 339 g/mol. The Hall–Kier alpha value is -3.42. The molecule has 1 aromatic heterocycles. The molecule has 0 aliphatic rings. The summed E-state index contributed by atoms with van der Waals surface area (Å²) in [5.74, 6) is 0.370. The Balaban J connectivity index is 1.56. The number of phenolic OH excluding ortho intramolecular Hbond substituents is 1. The second-order valence-electron chi connectivity index (χ2n) is 5.27. The molecule has 128 valence electrons. The van der Waals surface area contributed by atoms with Gasteiger partial charge in [-0.3, -0.25) is 4.79 Å². The van der Waals surface area contributed by atoms with Crippen LogP contribution in [0.3, 0.4) is 0 Å². The molecule has 2 N–H and O–H groups in total. The summed E-state index contributed by atoms with van der Waals surface area (Å²) in [5, 5.41) is 21.7. The Morgan fingerprint density at radius 3 is 3.04 bits per heavy atom. The van der Waals surface area contributed by atoms with Crippen molar-refractivity contribution >= 4 is 23.2 Å². The van der Waals surface area contributed by atoms with E-state index in [1.165, 1.54) is 19.4 Å². The van der Waals surface area contributed by atoms with Crippen molar-refractivity contribution in [3.05, 3.63) is 48.0 Å². The SMILES string of the molecule is COc1ccc(O)c(/C=N/NC(=O)CCn2nnc3ccccc32)c1. The van der Waals surface area contributed by atoms with E-state index in [4.69, 9.17) is 4.74 Å². The summed E-state index contributed by atoms with van der Waals surface area (Å²) in [6.45, 7) is 0.395. The highest BCUT2D eigenvalue weighted by Gasteiger charge is 2.06. The van der Waals surface area contributed by atoms with Gasteiger partial charge in [0.25, 0.3) is 0 Å². The van der Waals surface area contributed by atoms with Crippen molar-refractivity contribution in [1.29, 1.82) is 0 Å². The molecular weight excluding hydrogens is 322 g/mol. The quantitative estimate of drug-likeness (QED) is 0.525. The average Bonchev–Trinajstić information content (AvgIpc) is 3.05. The number of carbonyl (C=O) groups is 1. The number of methoxy groups -OCH3 is 1. The first kappa shape index (κ1) is 16.4. The molecule has 0 aliphatic heterocycles. The maximum atomic E-state index is 11.9. The maximum absolute atomic E-state index is 11.9. The number of aromatic hydroxyl groups is 1. The number of hydrazone groups is 1. The minimum absolute atomic E-state index is 0.0490. The first-order valence-electron chi connectivity index (χ1n) is 7.64. The number of amides is 1. The number of hydrogen-bond donors (Lipinski definition) is 2. The van der Waals surface area contributed by atoms with Crippen LogP contribution in [-0.2, 0) is 11.3 Å². The van der Waals surface area contributed by atoms with E-state index in [1.807, 2.05) is 24.3 Å². The highest BCUT2D eigenvalue weighted by molar-refractivity contribution is 5.85. The summed E-state index contributed by atoms with van der Waals surface area (Å²) in [6.07, 6.45) is 1.56. The van der Waals surface area contributed by atoms with Gasteiger partial charge in [0.1, 0.15) is 17.0 Å². The third-order valence-corrected chi connectivity index (χ3v) is 3.60. The number of fused-ring (bicyclic) bond motifs is 1. The van der Waals surface area contributed by atoms with Crippen LogP contribution >= 0.6 is 0 Å². The van der Waals surface area contributed by atoms with Crippen LogP contribution in [0.4, 0.5) is 0 Å².